The third-order valence-electron chi connectivity index (χ3n) is 3.88. The Labute approximate surface area is 109 Å². The van der Waals surface area contributed by atoms with Crippen molar-refractivity contribution in [2.24, 2.45) is 5.92 Å². The zero-order chi connectivity index (χ0) is 14.2. The lowest BCUT2D eigenvalue weighted by Crippen LogP contribution is -2.34. The van der Waals surface area contributed by atoms with Gasteiger partial charge in [0.1, 0.15) is 0 Å². The Balaban J connectivity index is 2.45. The quantitative estimate of drug-likeness (QED) is 0.842. The summed E-state index contributed by atoms with van der Waals surface area (Å²) < 4.78 is 21.2. The first kappa shape index (κ1) is 13.7. The monoisotopic (exact) mass is 268 g/mol. The molecule has 0 bridgehead atoms. The minimum Gasteiger partial charge on any atom is -0.344 e. The van der Waals surface area contributed by atoms with Crippen LogP contribution in [0.3, 0.4) is 0 Å². The average molecular weight is 268 g/mol. The van der Waals surface area contributed by atoms with Crippen LogP contribution in [0.5, 0.6) is 0 Å². The minimum absolute atomic E-state index is 0.418. The molecular formula is C13H17FN2O3. The van der Waals surface area contributed by atoms with Gasteiger partial charge in [-0.25, -0.2) is 9.18 Å². The number of rotatable bonds is 3. The normalized spacial score (nSPS) is 34.4. The summed E-state index contributed by atoms with van der Waals surface area (Å²) >= 11 is 0. The van der Waals surface area contributed by atoms with Crippen molar-refractivity contribution in [2.45, 2.75) is 38.3 Å². The summed E-state index contributed by atoms with van der Waals surface area (Å²) in [6.07, 6.45) is 1.01. The van der Waals surface area contributed by atoms with E-state index in [1.807, 2.05) is 6.92 Å². The minimum atomic E-state index is -1.35. The van der Waals surface area contributed by atoms with Gasteiger partial charge >= 0.3 is 5.69 Å². The molecule has 0 aliphatic carbocycles. The van der Waals surface area contributed by atoms with E-state index in [0.717, 1.165) is 4.57 Å². The Morgan fingerprint density at radius 1 is 1.63 bits per heavy atom. The lowest BCUT2D eigenvalue weighted by atomic mass is 9.85. The van der Waals surface area contributed by atoms with E-state index in [-0.39, 0.29) is 0 Å². The van der Waals surface area contributed by atoms with Gasteiger partial charge in [-0.2, -0.15) is 0 Å². The van der Waals surface area contributed by atoms with E-state index >= 15 is 0 Å². The van der Waals surface area contributed by atoms with Crippen LogP contribution in [-0.2, 0) is 4.74 Å². The molecule has 0 saturated carbocycles. The second-order valence-corrected chi connectivity index (χ2v) is 4.77. The maximum Gasteiger partial charge on any atom is 0.330 e. The lowest BCUT2D eigenvalue weighted by Gasteiger charge is -2.27. The number of H-pyrrole nitrogens is 1. The van der Waals surface area contributed by atoms with Crippen molar-refractivity contribution < 1.29 is 9.13 Å². The van der Waals surface area contributed by atoms with Crippen LogP contribution in [0.25, 0.3) is 0 Å². The van der Waals surface area contributed by atoms with Crippen molar-refractivity contribution in [3.63, 3.8) is 0 Å². The lowest BCUT2D eigenvalue weighted by molar-refractivity contribution is -0.0640. The van der Waals surface area contributed by atoms with E-state index in [1.165, 1.54) is 12.3 Å². The van der Waals surface area contributed by atoms with E-state index < -0.39 is 35.2 Å². The fraction of sp³-hybridized carbons (Fsp3) is 0.538. The van der Waals surface area contributed by atoms with E-state index in [9.17, 15) is 14.0 Å². The molecule has 4 atom stereocenters. The van der Waals surface area contributed by atoms with Gasteiger partial charge in [0.05, 0.1) is 5.60 Å². The summed E-state index contributed by atoms with van der Waals surface area (Å²) in [5, 5.41) is 0. The zero-order valence-electron chi connectivity index (χ0n) is 10.9. The average Bonchev–Trinajstić information content (AvgIpc) is 2.64. The number of ether oxygens (including phenoxy) is 1. The van der Waals surface area contributed by atoms with E-state index in [1.54, 1.807) is 13.0 Å². The molecular weight excluding hydrogens is 251 g/mol. The number of hydrogen-bond donors (Lipinski definition) is 1. The molecule has 2 heterocycles. The molecule has 5 nitrogen and oxygen atoms in total. The Kier molecular flexibility index (Phi) is 3.45. The van der Waals surface area contributed by atoms with Crippen molar-refractivity contribution >= 4 is 0 Å². The number of nitrogens with zero attached hydrogens (tertiary/aromatic N) is 1. The van der Waals surface area contributed by atoms with Crippen LogP contribution < -0.4 is 11.2 Å². The summed E-state index contributed by atoms with van der Waals surface area (Å²) in [7, 11) is 0. The van der Waals surface area contributed by atoms with Crippen molar-refractivity contribution in [2.75, 3.05) is 0 Å². The molecule has 0 unspecified atom stereocenters. The van der Waals surface area contributed by atoms with Gasteiger partial charge in [0.25, 0.3) is 5.56 Å². The number of nitrogens with one attached hydrogen (secondary N) is 1. The first-order valence-electron chi connectivity index (χ1n) is 6.22. The number of aromatic nitrogens is 2. The molecule has 1 fully saturated rings. The Hall–Kier alpha value is -1.69. The molecule has 0 radical (unpaired) electrons. The Bertz CT molecular complexity index is 594. The standard InChI is InChI=1S/C13H17FN2O3/c1-4-13(5-2)8(3)10(14)11(19-13)16-7-6-9(17)15-12(16)18/h4,6-8,10-11H,1,5H2,2-3H3,(H,15,17,18)/t8-,10+,11+,13+/m0/s1. The van der Waals surface area contributed by atoms with Gasteiger partial charge in [0, 0.05) is 18.2 Å². The summed E-state index contributed by atoms with van der Waals surface area (Å²) in [5.41, 5.74) is -1.99. The van der Waals surface area contributed by atoms with E-state index in [2.05, 4.69) is 11.6 Å². The van der Waals surface area contributed by atoms with Crippen LogP contribution in [0.15, 0.2) is 34.5 Å². The van der Waals surface area contributed by atoms with Crippen LogP contribution in [0.2, 0.25) is 0 Å². The zero-order valence-corrected chi connectivity index (χ0v) is 10.9. The molecule has 0 amide bonds. The Morgan fingerprint density at radius 2 is 2.32 bits per heavy atom. The SMILES string of the molecule is C=C[C@]1(CC)O[C@@H](n2ccc(=O)[nH]c2=O)[C@H](F)[C@@H]1C. The first-order valence-corrected chi connectivity index (χ1v) is 6.22. The van der Waals surface area contributed by atoms with E-state index in [4.69, 9.17) is 4.74 Å². The highest BCUT2D eigenvalue weighted by Crippen LogP contribution is 2.45. The fourth-order valence-corrected chi connectivity index (χ4v) is 2.54. The van der Waals surface area contributed by atoms with Crippen molar-refractivity contribution in [3.8, 4) is 0 Å². The second kappa shape index (κ2) is 4.77. The highest BCUT2D eigenvalue weighted by molar-refractivity contribution is 5.08. The van der Waals surface area contributed by atoms with Gasteiger partial charge in [-0.3, -0.25) is 14.3 Å². The molecule has 1 aromatic rings. The molecule has 6 heteroatoms. The number of aromatic amines is 1. The first-order chi connectivity index (χ1) is 8.95. The molecule has 1 saturated heterocycles. The van der Waals surface area contributed by atoms with Gasteiger partial charge in [-0.15, -0.1) is 6.58 Å². The summed E-state index contributed by atoms with van der Waals surface area (Å²) in [4.78, 5) is 24.8. The summed E-state index contributed by atoms with van der Waals surface area (Å²) in [6, 6.07) is 1.17. The maximum absolute atomic E-state index is 14.4. The molecule has 104 valence electrons. The van der Waals surface area contributed by atoms with E-state index in [0.29, 0.717) is 6.42 Å². The topological polar surface area (TPSA) is 64.1 Å². The molecule has 19 heavy (non-hydrogen) atoms. The molecule has 1 aromatic heterocycles. The highest BCUT2D eigenvalue weighted by atomic mass is 19.1. The van der Waals surface area contributed by atoms with Crippen molar-refractivity contribution in [1.82, 2.24) is 9.55 Å². The largest absolute Gasteiger partial charge is 0.344 e. The molecule has 0 spiro atoms. The second-order valence-electron chi connectivity index (χ2n) is 4.77. The molecule has 1 aliphatic rings. The maximum atomic E-state index is 14.4. The van der Waals surface area contributed by atoms with Crippen molar-refractivity contribution in [1.29, 1.82) is 0 Å². The molecule has 2 rings (SSSR count). The Morgan fingerprint density at radius 3 is 2.79 bits per heavy atom. The van der Waals surface area contributed by atoms with Gasteiger partial charge in [0.15, 0.2) is 12.4 Å². The predicted octanol–water partition coefficient (Wildman–Crippen LogP) is 1.37. The van der Waals surface area contributed by atoms with Crippen LogP contribution in [0.1, 0.15) is 26.5 Å². The van der Waals surface area contributed by atoms with Crippen LogP contribution >= 0.6 is 0 Å². The number of hydrogen-bond acceptors (Lipinski definition) is 3. The van der Waals surface area contributed by atoms with Gasteiger partial charge in [-0.05, 0) is 6.42 Å². The summed E-state index contributed by atoms with van der Waals surface area (Å²) in [5.74, 6) is -0.418. The van der Waals surface area contributed by atoms with Gasteiger partial charge in [0.2, 0.25) is 0 Å². The smallest absolute Gasteiger partial charge is 0.330 e. The van der Waals surface area contributed by atoms with Crippen LogP contribution in [-0.4, -0.2) is 21.3 Å². The predicted molar refractivity (Wildman–Crippen MR) is 68.7 cm³/mol. The third kappa shape index (κ3) is 2.06. The van der Waals surface area contributed by atoms with Crippen LogP contribution in [0.4, 0.5) is 4.39 Å². The van der Waals surface area contributed by atoms with Gasteiger partial charge in [-0.1, -0.05) is 19.9 Å². The molecule has 0 aromatic carbocycles. The highest BCUT2D eigenvalue weighted by Gasteiger charge is 2.51. The third-order valence-corrected chi connectivity index (χ3v) is 3.88. The number of alkyl halides is 1. The molecule has 1 N–H and O–H groups in total. The summed E-state index contributed by atoms with van der Waals surface area (Å²) in [6.45, 7) is 7.30. The van der Waals surface area contributed by atoms with Crippen molar-refractivity contribution in [3.05, 3.63) is 45.8 Å². The molecule has 1 aliphatic heterocycles. The fourth-order valence-electron chi connectivity index (χ4n) is 2.54. The van der Waals surface area contributed by atoms with Gasteiger partial charge < -0.3 is 4.74 Å². The number of halogens is 1. The van der Waals surface area contributed by atoms with Crippen LogP contribution in [0, 0.1) is 5.92 Å².